The van der Waals surface area contributed by atoms with Gasteiger partial charge in [0.25, 0.3) is 5.89 Å². The first-order valence-corrected chi connectivity index (χ1v) is 9.20. The molecule has 4 rings (SSSR count). The molecule has 0 radical (unpaired) electrons. The standard InChI is InChI=1S/C23H19FN2O4/c1-27-20-11-8-17(13-21(20)28-2)23-25-22(26-30-23)16-4-3-5-19(12-16)29-14-15-6-9-18(24)10-7-15/h3-13H,14H2,1-2H3. The van der Waals surface area contributed by atoms with Crippen molar-refractivity contribution < 1.29 is 23.1 Å². The van der Waals surface area contributed by atoms with Gasteiger partial charge in [0.05, 0.1) is 14.2 Å². The molecule has 1 heterocycles. The van der Waals surface area contributed by atoms with Crippen LogP contribution in [0, 0.1) is 5.82 Å². The molecule has 30 heavy (non-hydrogen) atoms. The number of benzene rings is 3. The van der Waals surface area contributed by atoms with Crippen molar-refractivity contribution in [2.24, 2.45) is 0 Å². The number of hydrogen-bond donors (Lipinski definition) is 0. The lowest BCUT2D eigenvalue weighted by atomic mass is 10.2. The van der Waals surface area contributed by atoms with Gasteiger partial charge >= 0.3 is 0 Å². The summed E-state index contributed by atoms with van der Waals surface area (Å²) in [6.45, 7) is 0.326. The molecule has 0 bridgehead atoms. The Morgan fingerprint density at radius 3 is 2.43 bits per heavy atom. The molecule has 0 N–H and O–H groups in total. The van der Waals surface area contributed by atoms with Crippen LogP contribution in [-0.2, 0) is 6.61 Å². The zero-order chi connectivity index (χ0) is 20.9. The molecule has 0 fully saturated rings. The number of nitrogens with zero attached hydrogens (tertiary/aromatic N) is 2. The first kappa shape index (κ1) is 19.4. The molecular weight excluding hydrogens is 387 g/mol. The van der Waals surface area contributed by atoms with E-state index in [9.17, 15) is 4.39 Å². The fraction of sp³-hybridized carbons (Fsp3) is 0.130. The minimum absolute atomic E-state index is 0.275. The van der Waals surface area contributed by atoms with Crippen LogP contribution in [0.15, 0.2) is 71.3 Å². The monoisotopic (exact) mass is 406 g/mol. The zero-order valence-electron chi connectivity index (χ0n) is 16.5. The molecule has 0 unspecified atom stereocenters. The van der Waals surface area contributed by atoms with Crippen LogP contribution < -0.4 is 14.2 Å². The first-order chi connectivity index (χ1) is 14.7. The van der Waals surface area contributed by atoms with Crippen LogP contribution in [0.1, 0.15) is 5.56 Å². The maximum Gasteiger partial charge on any atom is 0.258 e. The van der Waals surface area contributed by atoms with Crippen LogP contribution in [0.25, 0.3) is 22.8 Å². The minimum atomic E-state index is -0.275. The Kier molecular flexibility index (Phi) is 5.61. The van der Waals surface area contributed by atoms with Crippen molar-refractivity contribution in [3.63, 3.8) is 0 Å². The Balaban J connectivity index is 1.52. The minimum Gasteiger partial charge on any atom is -0.493 e. The summed E-state index contributed by atoms with van der Waals surface area (Å²) in [6.07, 6.45) is 0. The van der Waals surface area contributed by atoms with Crippen molar-refractivity contribution >= 4 is 0 Å². The summed E-state index contributed by atoms with van der Waals surface area (Å²) >= 11 is 0. The molecule has 0 saturated heterocycles. The molecular formula is C23H19FN2O4. The maximum atomic E-state index is 13.0. The lowest BCUT2D eigenvalue weighted by Gasteiger charge is -2.07. The van der Waals surface area contributed by atoms with Crippen molar-refractivity contribution in [1.82, 2.24) is 10.1 Å². The Hall–Kier alpha value is -3.87. The summed E-state index contributed by atoms with van der Waals surface area (Å²) in [7, 11) is 3.14. The Labute approximate surface area is 172 Å². The van der Waals surface area contributed by atoms with E-state index in [1.807, 2.05) is 30.3 Å². The van der Waals surface area contributed by atoms with Crippen molar-refractivity contribution in [3.05, 3.63) is 78.1 Å². The van der Waals surface area contributed by atoms with Crippen LogP contribution in [0.2, 0.25) is 0 Å². The average Bonchev–Trinajstić information content (AvgIpc) is 3.29. The highest BCUT2D eigenvalue weighted by Crippen LogP contribution is 2.32. The Morgan fingerprint density at radius 1 is 0.867 bits per heavy atom. The number of rotatable bonds is 7. The summed E-state index contributed by atoms with van der Waals surface area (Å²) in [5, 5.41) is 4.07. The highest BCUT2D eigenvalue weighted by atomic mass is 19.1. The smallest absolute Gasteiger partial charge is 0.258 e. The normalized spacial score (nSPS) is 10.6. The third-order valence-corrected chi connectivity index (χ3v) is 4.47. The van der Waals surface area contributed by atoms with Gasteiger partial charge in [-0.25, -0.2) is 4.39 Å². The Bertz CT molecular complexity index is 1140. The number of hydrogen-bond acceptors (Lipinski definition) is 6. The second-order valence-electron chi connectivity index (χ2n) is 6.44. The van der Waals surface area contributed by atoms with Crippen LogP contribution in [-0.4, -0.2) is 24.4 Å². The summed E-state index contributed by atoms with van der Waals surface area (Å²) in [5.41, 5.74) is 2.34. The van der Waals surface area contributed by atoms with E-state index in [0.717, 1.165) is 16.7 Å². The van der Waals surface area contributed by atoms with Crippen LogP contribution in [0.5, 0.6) is 17.2 Å². The fourth-order valence-corrected chi connectivity index (χ4v) is 2.90. The van der Waals surface area contributed by atoms with Gasteiger partial charge in [0, 0.05) is 11.1 Å². The average molecular weight is 406 g/mol. The molecule has 0 aliphatic heterocycles. The third-order valence-electron chi connectivity index (χ3n) is 4.47. The van der Waals surface area contributed by atoms with Gasteiger partial charge < -0.3 is 18.7 Å². The summed E-state index contributed by atoms with van der Waals surface area (Å²) in [6, 6.07) is 18.9. The largest absolute Gasteiger partial charge is 0.493 e. The zero-order valence-corrected chi connectivity index (χ0v) is 16.5. The summed E-state index contributed by atoms with van der Waals surface area (Å²) in [4.78, 5) is 4.48. The fourth-order valence-electron chi connectivity index (χ4n) is 2.90. The molecule has 3 aromatic carbocycles. The van der Waals surface area contributed by atoms with E-state index in [1.165, 1.54) is 12.1 Å². The molecule has 0 saturated carbocycles. The van der Waals surface area contributed by atoms with E-state index in [0.29, 0.717) is 35.6 Å². The van der Waals surface area contributed by atoms with E-state index in [-0.39, 0.29) is 5.82 Å². The number of ether oxygens (including phenoxy) is 3. The van der Waals surface area contributed by atoms with Crippen molar-refractivity contribution in [2.75, 3.05) is 14.2 Å². The summed E-state index contributed by atoms with van der Waals surface area (Å²) in [5.74, 6) is 2.37. The lowest BCUT2D eigenvalue weighted by molar-refractivity contribution is 0.306. The van der Waals surface area contributed by atoms with Crippen molar-refractivity contribution in [1.29, 1.82) is 0 Å². The van der Waals surface area contributed by atoms with Gasteiger partial charge in [-0.3, -0.25) is 0 Å². The van der Waals surface area contributed by atoms with Crippen LogP contribution >= 0.6 is 0 Å². The third kappa shape index (κ3) is 4.25. The van der Waals surface area contributed by atoms with Gasteiger partial charge in [0.2, 0.25) is 5.82 Å². The number of methoxy groups -OCH3 is 2. The van der Waals surface area contributed by atoms with Crippen LogP contribution in [0.3, 0.4) is 0 Å². The molecule has 0 aliphatic rings. The van der Waals surface area contributed by atoms with Gasteiger partial charge in [0.15, 0.2) is 11.5 Å². The van der Waals surface area contributed by atoms with Crippen molar-refractivity contribution in [2.45, 2.75) is 6.61 Å². The maximum absolute atomic E-state index is 13.0. The van der Waals surface area contributed by atoms with Gasteiger partial charge in [0.1, 0.15) is 18.2 Å². The van der Waals surface area contributed by atoms with Gasteiger partial charge in [-0.05, 0) is 48.0 Å². The molecule has 4 aromatic rings. The number of halogens is 1. The highest BCUT2D eigenvalue weighted by molar-refractivity contribution is 5.63. The molecule has 152 valence electrons. The highest BCUT2D eigenvalue weighted by Gasteiger charge is 2.14. The second kappa shape index (κ2) is 8.65. The molecule has 0 spiro atoms. The predicted molar refractivity (Wildman–Crippen MR) is 109 cm³/mol. The molecule has 0 atom stereocenters. The molecule has 1 aromatic heterocycles. The quantitative estimate of drug-likeness (QED) is 0.423. The van der Waals surface area contributed by atoms with Gasteiger partial charge in [-0.1, -0.05) is 29.4 Å². The first-order valence-electron chi connectivity index (χ1n) is 9.20. The summed E-state index contributed by atoms with van der Waals surface area (Å²) < 4.78 is 34.8. The van der Waals surface area contributed by atoms with E-state index in [2.05, 4.69) is 10.1 Å². The van der Waals surface area contributed by atoms with Gasteiger partial charge in [-0.15, -0.1) is 0 Å². The predicted octanol–water partition coefficient (Wildman–Crippen LogP) is 5.14. The second-order valence-corrected chi connectivity index (χ2v) is 6.44. The van der Waals surface area contributed by atoms with E-state index < -0.39 is 0 Å². The van der Waals surface area contributed by atoms with Gasteiger partial charge in [-0.2, -0.15) is 4.98 Å². The van der Waals surface area contributed by atoms with E-state index in [4.69, 9.17) is 18.7 Å². The van der Waals surface area contributed by atoms with E-state index in [1.54, 1.807) is 38.5 Å². The molecule has 7 heteroatoms. The Morgan fingerprint density at radius 2 is 1.67 bits per heavy atom. The molecule has 6 nitrogen and oxygen atoms in total. The molecule has 0 amide bonds. The van der Waals surface area contributed by atoms with E-state index >= 15 is 0 Å². The topological polar surface area (TPSA) is 66.6 Å². The SMILES string of the molecule is COc1ccc(-c2nc(-c3cccc(OCc4ccc(F)cc4)c3)no2)cc1OC. The van der Waals surface area contributed by atoms with Crippen LogP contribution in [0.4, 0.5) is 4.39 Å². The lowest BCUT2D eigenvalue weighted by Crippen LogP contribution is -1.95. The number of aromatic nitrogens is 2. The van der Waals surface area contributed by atoms with Crippen molar-refractivity contribution in [3.8, 4) is 40.1 Å². The molecule has 0 aliphatic carbocycles.